The van der Waals surface area contributed by atoms with Gasteiger partial charge in [-0.25, -0.2) is 19.9 Å². The summed E-state index contributed by atoms with van der Waals surface area (Å²) in [6.07, 6.45) is 0. The van der Waals surface area contributed by atoms with E-state index in [9.17, 15) is 0 Å². The summed E-state index contributed by atoms with van der Waals surface area (Å²) in [5.41, 5.74) is 7.50. The Labute approximate surface area is 296 Å². The van der Waals surface area contributed by atoms with Crippen molar-refractivity contribution in [1.29, 1.82) is 0 Å². The zero-order valence-electron chi connectivity index (χ0n) is 26.6. The van der Waals surface area contributed by atoms with E-state index in [1.807, 2.05) is 78.1 Å². The van der Waals surface area contributed by atoms with Crippen molar-refractivity contribution in [3.8, 4) is 55.9 Å². The van der Waals surface area contributed by atoms with Crippen LogP contribution in [0.5, 0.6) is 0 Å². The molecule has 6 heteroatoms. The highest BCUT2D eigenvalue weighted by Gasteiger charge is 2.18. The molecule has 4 nitrogen and oxygen atoms in total. The molecule has 0 aliphatic rings. The molecule has 0 fully saturated rings. The van der Waals surface area contributed by atoms with Crippen LogP contribution in [0.1, 0.15) is 0 Å². The summed E-state index contributed by atoms with van der Waals surface area (Å²) in [6, 6.07) is 55.0. The number of fused-ring (bicyclic) bond motifs is 5. The Balaban J connectivity index is 1.14. The summed E-state index contributed by atoms with van der Waals surface area (Å²) in [7, 11) is 0. The quantitative estimate of drug-likeness (QED) is 0.182. The molecule has 0 N–H and O–H groups in total. The van der Waals surface area contributed by atoms with Gasteiger partial charge in [-0.05, 0) is 34.5 Å². The van der Waals surface area contributed by atoms with E-state index in [1.165, 1.54) is 36.0 Å². The van der Waals surface area contributed by atoms with Gasteiger partial charge < -0.3 is 0 Å². The molecule has 3 aromatic heterocycles. The predicted octanol–water partition coefficient (Wildman–Crippen LogP) is 12.3. The number of aromatic nitrogens is 4. The van der Waals surface area contributed by atoms with E-state index in [1.54, 1.807) is 11.3 Å². The molecular weight excluding hydrogens is 649 g/mol. The SMILES string of the molecule is c1ccc(-c2nc(-c3ccccc3)nc(-c3ccc(-c4cccc5c4sc4cc6sc(-c7ccccc7)nc6cc45)c4ccccc34)n2)cc1. The standard InChI is InChI=1S/C44H26N4S2/c1-4-13-27(14-5-1)41-46-42(28-15-6-2-7-16-28)48-43(47-41)35-24-23-32(30-19-10-11-20-31(30)35)33-21-12-22-34-36-25-37-39(26-38(36)49-40(33)34)50-44(45-37)29-17-8-3-9-18-29/h1-26H. The van der Waals surface area contributed by atoms with Gasteiger partial charge in [0.2, 0.25) is 0 Å². The van der Waals surface area contributed by atoms with E-state index in [2.05, 4.69) is 91.0 Å². The molecule has 0 bridgehead atoms. The average Bonchev–Trinajstić information content (AvgIpc) is 3.78. The lowest BCUT2D eigenvalue weighted by atomic mass is 9.94. The second-order valence-corrected chi connectivity index (χ2v) is 14.3. The van der Waals surface area contributed by atoms with Gasteiger partial charge in [-0.2, -0.15) is 0 Å². The summed E-state index contributed by atoms with van der Waals surface area (Å²) >= 11 is 3.61. The molecule has 0 atom stereocenters. The normalized spacial score (nSPS) is 11.6. The van der Waals surface area contributed by atoms with Gasteiger partial charge in [0.1, 0.15) is 5.01 Å². The minimum atomic E-state index is 0.655. The maximum absolute atomic E-state index is 5.05. The van der Waals surface area contributed by atoms with E-state index >= 15 is 0 Å². The van der Waals surface area contributed by atoms with Gasteiger partial charge in [0, 0.05) is 48.0 Å². The molecule has 0 spiro atoms. The lowest BCUT2D eigenvalue weighted by Crippen LogP contribution is -2.00. The van der Waals surface area contributed by atoms with E-state index in [4.69, 9.17) is 19.9 Å². The zero-order valence-corrected chi connectivity index (χ0v) is 28.2. The monoisotopic (exact) mass is 674 g/mol. The smallest absolute Gasteiger partial charge is 0.164 e. The van der Waals surface area contributed by atoms with Crippen LogP contribution in [0.25, 0.3) is 97.0 Å². The van der Waals surface area contributed by atoms with Crippen molar-refractivity contribution in [2.24, 2.45) is 0 Å². The first-order chi connectivity index (χ1) is 24.8. The van der Waals surface area contributed by atoms with Crippen LogP contribution in [-0.4, -0.2) is 19.9 Å². The van der Waals surface area contributed by atoms with E-state index in [-0.39, 0.29) is 0 Å². The third-order valence-electron chi connectivity index (χ3n) is 9.18. The molecule has 0 aliphatic carbocycles. The van der Waals surface area contributed by atoms with Crippen LogP contribution in [0.4, 0.5) is 0 Å². The third-order valence-corrected chi connectivity index (χ3v) is 11.5. The maximum Gasteiger partial charge on any atom is 0.164 e. The van der Waals surface area contributed by atoms with Crippen LogP contribution < -0.4 is 0 Å². The minimum absolute atomic E-state index is 0.655. The molecule has 0 radical (unpaired) electrons. The van der Waals surface area contributed by atoms with Crippen LogP contribution in [0.3, 0.4) is 0 Å². The summed E-state index contributed by atoms with van der Waals surface area (Å²) in [5, 5.41) is 5.82. The molecule has 50 heavy (non-hydrogen) atoms. The fourth-order valence-corrected chi connectivity index (χ4v) is 9.11. The third kappa shape index (κ3) is 4.88. The van der Waals surface area contributed by atoms with Gasteiger partial charge in [0.25, 0.3) is 0 Å². The van der Waals surface area contributed by atoms with Gasteiger partial charge in [-0.15, -0.1) is 22.7 Å². The minimum Gasteiger partial charge on any atom is -0.236 e. The lowest BCUT2D eigenvalue weighted by Gasteiger charge is -2.13. The van der Waals surface area contributed by atoms with Crippen LogP contribution in [0.15, 0.2) is 158 Å². The number of hydrogen-bond donors (Lipinski definition) is 0. The molecule has 0 amide bonds. The summed E-state index contributed by atoms with van der Waals surface area (Å²) < 4.78 is 3.76. The highest BCUT2D eigenvalue weighted by atomic mass is 32.1. The number of benzene rings is 7. The van der Waals surface area contributed by atoms with Gasteiger partial charge in [0.05, 0.1) is 10.2 Å². The topological polar surface area (TPSA) is 51.6 Å². The van der Waals surface area contributed by atoms with E-state index in [0.29, 0.717) is 17.5 Å². The Kier molecular flexibility index (Phi) is 6.82. The molecule has 0 unspecified atom stereocenters. The average molecular weight is 675 g/mol. The van der Waals surface area contributed by atoms with Crippen LogP contribution in [0.2, 0.25) is 0 Å². The summed E-state index contributed by atoms with van der Waals surface area (Å²) in [4.78, 5) is 20.1. The van der Waals surface area contributed by atoms with E-state index < -0.39 is 0 Å². The predicted molar refractivity (Wildman–Crippen MR) is 211 cm³/mol. The molecule has 3 heterocycles. The molecule has 10 rings (SSSR count). The van der Waals surface area contributed by atoms with E-state index in [0.717, 1.165) is 43.6 Å². The van der Waals surface area contributed by atoms with Crippen molar-refractivity contribution in [3.05, 3.63) is 158 Å². The van der Waals surface area contributed by atoms with Crippen molar-refractivity contribution < 1.29 is 0 Å². The fraction of sp³-hybridized carbons (Fsp3) is 0. The van der Waals surface area contributed by atoms with Gasteiger partial charge >= 0.3 is 0 Å². The zero-order chi connectivity index (χ0) is 33.0. The molecule has 7 aromatic carbocycles. The van der Waals surface area contributed by atoms with Gasteiger partial charge in [-0.1, -0.05) is 140 Å². The highest BCUT2D eigenvalue weighted by molar-refractivity contribution is 7.27. The molecule has 10 aromatic rings. The Morgan fingerprint density at radius 2 is 0.900 bits per heavy atom. The van der Waals surface area contributed by atoms with Crippen molar-refractivity contribution in [2.45, 2.75) is 0 Å². The number of thiazole rings is 1. The van der Waals surface area contributed by atoms with Gasteiger partial charge in [0.15, 0.2) is 17.5 Å². The van der Waals surface area contributed by atoms with Gasteiger partial charge in [-0.3, -0.25) is 0 Å². The maximum atomic E-state index is 5.05. The van der Waals surface area contributed by atoms with Crippen molar-refractivity contribution in [1.82, 2.24) is 19.9 Å². The summed E-state index contributed by atoms with van der Waals surface area (Å²) in [6.45, 7) is 0. The van der Waals surface area contributed by atoms with Crippen LogP contribution in [0, 0.1) is 0 Å². The molecule has 0 saturated carbocycles. The number of hydrogen-bond acceptors (Lipinski definition) is 6. The first-order valence-corrected chi connectivity index (χ1v) is 18.1. The number of nitrogens with zero attached hydrogens (tertiary/aromatic N) is 4. The second kappa shape index (κ2) is 11.8. The fourth-order valence-electron chi connectivity index (χ4n) is 6.79. The molecule has 234 valence electrons. The summed E-state index contributed by atoms with van der Waals surface area (Å²) in [5.74, 6) is 1.97. The number of thiophene rings is 1. The highest BCUT2D eigenvalue weighted by Crippen LogP contribution is 2.45. The van der Waals surface area contributed by atoms with Crippen molar-refractivity contribution >= 4 is 63.8 Å². The van der Waals surface area contributed by atoms with Crippen LogP contribution >= 0.6 is 22.7 Å². The Bertz CT molecular complexity index is 2800. The first-order valence-electron chi connectivity index (χ1n) is 16.5. The molecular formula is C44H26N4S2. The molecule has 0 aliphatic heterocycles. The van der Waals surface area contributed by atoms with Crippen molar-refractivity contribution in [3.63, 3.8) is 0 Å². The Morgan fingerprint density at radius 3 is 1.58 bits per heavy atom. The lowest BCUT2D eigenvalue weighted by molar-refractivity contribution is 1.08. The first kappa shape index (κ1) is 28.9. The Morgan fingerprint density at radius 1 is 0.340 bits per heavy atom. The number of rotatable bonds is 5. The largest absolute Gasteiger partial charge is 0.236 e. The van der Waals surface area contributed by atoms with Crippen molar-refractivity contribution in [2.75, 3.05) is 0 Å². The Hall–Kier alpha value is -6.08. The molecule has 0 saturated heterocycles. The second-order valence-electron chi connectivity index (χ2n) is 12.2. The van der Waals surface area contributed by atoms with Crippen LogP contribution in [-0.2, 0) is 0 Å².